The van der Waals surface area contributed by atoms with Crippen LogP contribution in [0.1, 0.15) is 37.3 Å². The highest BCUT2D eigenvalue weighted by Crippen LogP contribution is 2.29. The number of benzene rings is 1. The lowest BCUT2D eigenvalue weighted by atomic mass is 9.95. The lowest BCUT2D eigenvalue weighted by Crippen LogP contribution is -2.40. The second-order valence-corrected chi connectivity index (χ2v) is 7.16. The van der Waals surface area contributed by atoms with E-state index >= 15 is 0 Å². The van der Waals surface area contributed by atoms with Crippen LogP contribution in [0.2, 0.25) is 0 Å². The fraction of sp³-hybridized carbons (Fsp3) is 0.429. The molecule has 0 aliphatic carbocycles. The summed E-state index contributed by atoms with van der Waals surface area (Å²) in [6.45, 7) is 3.37. The first kappa shape index (κ1) is 20.2. The molecule has 2 N–H and O–H groups in total. The summed E-state index contributed by atoms with van der Waals surface area (Å²) in [6.07, 6.45) is 0.0582. The van der Waals surface area contributed by atoms with Crippen LogP contribution in [0.5, 0.6) is 0 Å². The molecule has 1 aromatic carbocycles. The molecule has 1 aromatic heterocycles. The van der Waals surface area contributed by atoms with E-state index in [0.717, 1.165) is 30.8 Å². The zero-order valence-corrected chi connectivity index (χ0v) is 15.9. The quantitative estimate of drug-likeness (QED) is 0.823. The van der Waals surface area contributed by atoms with E-state index in [1.165, 1.54) is 11.6 Å². The third-order valence-corrected chi connectivity index (χ3v) is 5.09. The predicted octanol–water partition coefficient (Wildman–Crippen LogP) is 4.33. The molecule has 1 amide bonds. The van der Waals surface area contributed by atoms with E-state index in [4.69, 9.17) is 0 Å². The number of piperidine rings is 1. The highest BCUT2D eigenvalue weighted by molar-refractivity contribution is 5.92. The number of aromatic amines is 1. The van der Waals surface area contributed by atoms with Gasteiger partial charge in [0.25, 0.3) is 5.82 Å². The monoisotopic (exact) mass is 392 g/mol. The molecule has 1 aliphatic heterocycles. The van der Waals surface area contributed by atoms with Crippen molar-refractivity contribution in [2.45, 2.75) is 38.8 Å². The molecule has 0 saturated carbocycles. The zero-order chi connectivity index (χ0) is 20.1. The topological polar surface area (TPSA) is 46.5 Å². The lowest BCUT2D eigenvalue weighted by molar-refractivity contribution is -0.367. The largest absolute Gasteiger partial charge is 0.419 e. The number of hydrogen-bond donors (Lipinski definition) is 1. The van der Waals surface area contributed by atoms with Crippen molar-refractivity contribution in [3.63, 3.8) is 0 Å². The maximum atomic E-state index is 12.7. The molecule has 1 fully saturated rings. The molecule has 2 heterocycles. The Labute approximate surface area is 162 Å². The smallest absolute Gasteiger partial charge is 0.326 e. The van der Waals surface area contributed by atoms with Gasteiger partial charge in [-0.05, 0) is 43.0 Å². The van der Waals surface area contributed by atoms with Gasteiger partial charge in [0.1, 0.15) is 6.20 Å². The van der Waals surface area contributed by atoms with Gasteiger partial charge in [-0.15, -0.1) is 0 Å². The molecule has 0 unspecified atom stereocenters. The van der Waals surface area contributed by atoms with E-state index in [1.807, 2.05) is 29.2 Å². The van der Waals surface area contributed by atoms with Crippen LogP contribution in [0.15, 0.2) is 42.6 Å². The van der Waals surface area contributed by atoms with Crippen molar-refractivity contribution in [2.24, 2.45) is 5.92 Å². The Morgan fingerprint density at radius 2 is 1.82 bits per heavy atom. The van der Waals surface area contributed by atoms with Gasteiger partial charge in [-0.3, -0.25) is 9.69 Å². The van der Waals surface area contributed by atoms with Crippen molar-refractivity contribution in [3.8, 4) is 0 Å². The summed E-state index contributed by atoms with van der Waals surface area (Å²) in [4.78, 5) is 17.2. The van der Waals surface area contributed by atoms with Gasteiger partial charge >= 0.3 is 6.18 Å². The van der Waals surface area contributed by atoms with E-state index in [9.17, 15) is 18.0 Å². The van der Waals surface area contributed by atoms with E-state index in [-0.39, 0.29) is 11.8 Å². The van der Waals surface area contributed by atoms with Gasteiger partial charge < -0.3 is 5.32 Å². The normalized spacial score (nSPS) is 15.5. The van der Waals surface area contributed by atoms with Crippen molar-refractivity contribution >= 4 is 17.4 Å². The van der Waals surface area contributed by atoms with Crippen LogP contribution < -0.4 is 15.2 Å². The molecule has 0 atom stereocenters. The molecule has 28 heavy (non-hydrogen) atoms. The van der Waals surface area contributed by atoms with E-state index < -0.39 is 11.7 Å². The van der Waals surface area contributed by atoms with E-state index in [0.29, 0.717) is 31.7 Å². The third kappa shape index (κ3) is 5.03. The highest BCUT2D eigenvalue weighted by Gasteiger charge is 2.33. The zero-order valence-electron chi connectivity index (χ0n) is 15.9. The van der Waals surface area contributed by atoms with Crippen LogP contribution in [0.25, 0.3) is 0 Å². The summed E-state index contributed by atoms with van der Waals surface area (Å²) in [5.41, 5.74) is 1.35. The minimum atomic E-state index is -4.35. The van der Waals surface area contributed by atoms with Gasteiger partial charge in [0.15, 0.2) is 0 Å². The van der Waals surface area contributed by atoms with Crippen molar-refractivity contribution in [1.82, 2.24) is 0 Å². The van der Waals surface area contributed by atoms with Crippen LogP contribution in [0, 0.1) is 5.92 Å². The number of alkyl halides is 3. The molecule has 0 spiro atoms. The Morgan fingerprint density at radius 3 is 2.36 bits per heavy atom. The summed E-state index contributed by atoms with van der Waals surface area (Å²) >= 11 is 0. The molecular formula is C21H25F3N3O+. The molecule has 2 aromatic rings. The highest BCUT2D eigenvalue weighted by atomic mass is 19.4. The number of halogens is 3. The number of carbonyl (C=O) groups excluding carboxylic acids is 1. The van der Waals surface area contributed by atoms with Crippen LogP contribution in [-0.4, -0.2) is 19.0 Å². The Morgan fingerprint density at radius 1 is 1.14 bits per heavy atom. The molecule has 3 rings (SSSR count). The van der Waals surface area contributed by atoms with Gasteiger partial charge in [0.2, 0.25) is 5.91 Å². The Bertz CT molecular complexity index is 780. The number of anilines is 2. The first-order valence-electron chi connectivity index (χ1n) is 9.60. The molecule has 0 bridgehead atoms. The standard InChI is InChI=1S/C21H24F3N3O/c1-2-3-15-4-7-18(8-5-15)26-20(28)16-10-12-27(13-11-16)19-9-6-17(14-25-19)21(22,23)24/h4-9,14,16H,2-3,10-13H2,1H3,(H,26,28)/p+1. The minimum absolute atomic E-state index is 0.000657. The number of aromatic nitrogens is 1. The molecular weight excluding hydrogens is 367 g/mol. The number of amides is 1. The molecule has 7 heteroatoms. The van der Waals surface area contributed by atoms with Gasteiger partial charge in [-0.2, -0.15) is 13.2 Å². The summed E-state index contributed by atoms with van der Waals surface area (Å²) in [5.74, 6) is 0.540. The fourth-order valence-corrected chi connectivity index (χ4v) is 3.46. The second-order valence-electron chi connectivity index (χ2n) is 7.16. The van der Waals surface area contributed by atoms with Gasteiger partial charge in [-0.1, -0.05) is 25.5 Å². The van der Waals surface area contributed by atoms with Crippen molar-refractivity contribution in [1.29, 1.82) is 0 Å². The summed E-state index contributed by atoms with van der Waals surface area (Å²) < 4.78 is 38.0. The van der Waals surface area contributed by atoms with E-state index in [2.05, 4.69) is 17.2 Å². The number of rotatable bonds is 5. The average molecular weight is 392 g/mol. The number of nitrogens with zero attached hydrogens (tertiary/aromatic N) is 1. The third-order valence-electron chi connectivity index (χ3n) is 5.09. The van der Waals surface area contributed by atoms with Gasteiger partial charge in [-0.25, -0.2) is 4.98 Å². The molecule has 150 valence electrons. The van der Waals surface area contributed by atoms with Crippen LogP contribution >= 0.6 is 0 Å². The predicted molar refractivity (Wildman–Crippen MR) is 102 cm³/mol. The lowest BCUT2D eigenvalue weighted by Gasteiger charge is -2.27. The second kappa shape index (κ2) is 8.63. The number of hydrogen-bond acceptors (Lipinski definition) is 2. The van der Waals surface area contributed by atoms with Crippen molar-refractivity contribution < 1.29 is 22.9 Å². The maximum Gasteiger partial charge on any atom is 0.419 e. The van der Waals surface area contributed by atoms with Crippen LogP contribution in [0.3, 0.4) is 0 Å². The Kier molecular flexibility index (Phi) is 6.21. The molecule has 1 aliphatic rings. The van der Waals surface area contributed by atoms with Gasteiger partial charge in [0.05, 0.1) is 18.7 Å². The summed E-state index contributed by atoms with van der Waals surface area (Å²) in [7, 11) is 0. The van der Waals surface area contributed by atoms with Gasteiger partial charge in [0, 0.05) is 17.7 Å². The number of nitrogens with one attached hydrogen (secondary N) is 2. The minimum Gasteiger partial charge on any atom is -0.326 e. The van der Waals surface area contributed by atoms with Crippen LogP contribution in [0.4, 0.5) is 24.7 Å². The Hall–Kier alpha value is -2.57. The fourth-order valence-electron chi connectivity index (χ4n) is 3.46. The SMILES string of the molecule is CCCc1ccc(NC(=O)C2CCN(c3ccc(C(F)(F)F)c[nH+]3)CC2)cc1. The number of carbonyl (C=O) groups is 1. The maximum absolute atomic E-state index is 12.7. The number of pyridine rings is 1. The molecule has 4 nitrogen and oxygen atoms in total. The average Bonchev–Trinajstić information content (AvgIpc) is 2.69. The number of aryl methyl sites for hydroxylation is 1. The van der Waals surface area contributed by atoms with E-state index in [1.54, 1.807) is 0 Å². The molecule has 0 radical (unpaired) electrons. The molecule has 1 saturated heterocycles. The first-order chi connectivity index (χ1) is 13.4. The van der Waals surface area contributed by atoms with Crippen molar-refractivity contribution in [3.05, 3.63) is 53.7 Å². The van der Waals surface area contributed by atoms with Crippen molar-refractivity contribution in [2.75, 3.05) is 23.3 Å². The Balaban J connectivity index is 1.52. The van der Waals surface area contributed by atoms with Crippen LogP contribution in [-0.2, 0) is 17.4 Å². The first-order valence-corrected chi connectivity index (χ1v) is 9.60. The number of H-pyrrole nitrogens is 1. The summed E-state index contributed by atoms with van der Waals surface area (Å²) in [5, 5.41) is 2.97. The summed E-state index contributed by atoms with van der Waals surface area (Å²) in [6, 6.07) is 10.4.